The van der Waals surface area contributed by atoms with Crippen molar-refractivity contribution in [2.45, 2.75) is 12.8 Å². The minimum absolute atomic E-state index is 0.0425. The van der Waals surface area contributed by atoms with Crippen molar-refractivity contribution >= 4 is 57.5 Å². The molecule has 0 atom stereocenters. The Balaban J connectivity index is 1.49. The fourth-order valence-electron chi connectivity index (χ4n) is 2.88. The fourth-order valence-corrected chi connectivity index (χ4v) is 4.91. The number of nitrogens with zero attached hydrogens (tertiary/aromatic N) is 2. The van der Waals surface area contributed by atoms with Gasteiger partial charge in [-0.2, -0.15) is 0 Å². The number of rotatable bonds is 5. The summed E-state index contributed by atoms with van der Waals surface area (Å²) in [7, 11) is 2.15. The summed E-state index contributed by atoms with van der Waals surface area (Å²) < 4.78 is 0.587. The fraction of sp³-hybridized carbons (Fsp3) is 0.471. The normalized spacial score (nSPS) is 20.8. The van der Waals surface area contributed by atoms with Gasteiger partial charge in [-0.3, -0.25) is 14.5 Å². The molecular weight excluding hydrogens is 374 g/mol. The summed E-state index contributed by atoms with van der Waals surface area (Å²) in [5.74, 6) is 0.145. The molecule has 2 aliphatic heterocycles. The van der Waals surface area contributed by atoms with Crippen molar-refractivity contribution in [3.05, 3.63) is 27.3 Å². The summed E-state index contributed by atoms with van der Waals surface area (Å²) in [6.07, 6.45) is 3.01. The molecule has 1 aromatic rings. The molecule has 0 bridgehead atoms. The molecule has 5 nitrogen and oxygen atoms in total. The number of piperazine rings is 1. The summed E-state index contributed by atoms with van der Waals surface area (Å²) in [5, 5.41) is 1.98. The van der Waals surface area contributed by atoms with Gasteiger partial charge in [-0.05, 0) is 23.9 Å². The van der Waals surface area contributed by atoms with E-state index in [2.05, 4.69) is 7.05 Å². The number of likely N-dealkylation sites (N-methyl/N-ethyl adjacent to an activating group) is 1. The molecule has 3 heterocycles. The van der Waals surface area contributed by atoms with Gasteiger partial charge in [0.15, 0.2) is 0 Å². The van der Waals surface area contributed by atoms with Crippen LogP contribution in [0.5, 0.6) is 0 Å². The molecule has 1 N–H and O–H groups in total. The van der Waals surface area contributed by atoms with Gasteiger partial charge in [0.05, 0.1) is 38.1 Å². The molecular formula is C17H22N3O2S3+. The molecule has 1 aromatic heterocycles. The molecule has 0 radical (unpaired) electrons. The molecule has 3 rings (SSSR count). The van der Waals surface area contributed by atoms with E-state index in [-0.39, 0.29) is 11.8 Å². The highest BCUT2D eigenvalue weighted by Crippen LogP contribution is 2.33. The topological polar surface area (TPSA) is 45.1 Å². The molecule has 134 valence electrons. The Hall–Kier alpha value is -1.22. The Labute approximate surface area is 161 Å². The van der Waals surface area contributed by atoms with Crippen LogP contribution < -0.4 is 4.90 Å². The second kappa shape index (κ2) is 8.44. The Bertz CT molecular complexity index is 679. The Morgan fingerprint density at radius 3 is 2.84 bits per heavy atom. The third-order valence-corrected chi connectivity index (χ3v) is 6.63. The molecule has 25 heavy (non-hydrogen) atoms. The van der Waals surface area contributed by atoms with Crippen molar-refractivity contribution in [2.24, 2.45) is 0 Å². The van der Waals surface area contributed by atoms with Gasteiger partial charge in [-0.15, -0.1) is 11.3 Å². The zero-order valence-electron chi connectivity index (χ0n) is 14.2. The van der Waals surface area contributed by atoms with Crippen molar-refractivity contribution in [3.63, 3.8) is 0 Å². The molecule has 2 amide bonds. The van der Waals surface area contributed by atoms with E-state index in [1.165, 1.54) is 16.7 Å². The minimum Gasteiger partial charge on any atom is -0.334 e. The lowest BCUT2D eigenvalue weighted by atomic mass is 10.2. The molecule has 8 heteroatoms. The molecule has 0 spiro atoms. The average molecular weight is 397 g/mol. The Kier molecular flexibility index (Phi) is 6.27. The highest BCUT2D eigenvalue weighted by Gasteiger charge is 2.32. The van der Waals surface area contributed by atoms with Crippen LogP contribution in [0.4, 0.5) is 0 Å². The number of thioether (sulfide) groups is 1. The smallest absolute Gasteiger partial charge is 0.266 e. The first-order valence-electron chi connectivity index (χ1n) is 8.42. The van der Waals surface area contributed by atoms with Crippen LogP contribution in [0.2, 0.25) is 0 Å². The van der Waals surface area contributed by atoms with Crippen LogP contribution in [0.1, 0.15) is 17.7 Å². The summed E-state index contributed by atoms with van der Waals surface area (Å²) in [4.78, 5) is 31.5. The lowest BCUT2D eigenvalue weighted by molar-refractivity contribution is -0.883. The summed E-state index contributed by atoms with van der Waals surface area (Å²) in [6.45, 7) is 4.18. The SMILES string of the molecule is C[NH+]1CCN(C(=O)CCCN2C(=O)/C(=C\c3cccs3)SC2=S)CC1. The van der Waals surface area contributed by atoms with Gasteiger partial charge in [-0.25, -0.2) is 0 Å². The van der Waals surface area contributed by atoms with E-state index in [4.69, 9.17) is 12.2 Å². The summed E-state index contributed by atoms with van der Waals surface area (Å²) in [5.41, 5.74) is 0. The van der Waals surface area contributed by atoms with Crippen LogP contribution in [0.15, 0.2) is 22.4 Å². The zero-order chi connectivity index (χ0) is 17.8. The van der Waals surface area contributed by atoms with Gasteiger partial charge in [0.25, 0.3) is 5.91 Å². The van der Waals surface area contributed by atoms with E-state index in [9.17, 15) is 9.59 Å². The summed E-state index contributed by atoms with van der Waals surface area (Å²) >= 11 is 8.28. The molecule has 0 saturated carbocycles. The number of nitrogens with one attached hydrogen (secondary N) is 1. The second-order valence-electron chi connectivity index (χ2n) is 6.29. The molecule has 2 saturated heterocycles. The van der Waals surface area contributed by atoms with Gasteiger partial charge >= 0.3 is 0 Å². The van der Waals surface area contributed by atoms with E-state index < -0.39 is 0 Å². The molecule has 0 aromatic carbocycles. The first-order chi connectivity index (χ1) is 12.0. The standard InChI is InChI=1S/C17H21N3O2S3/c1-18-7-9-19(10-8-18)15(21)5-2-6-20-16(22)14(25-17(20)23)12-13-4-3-11-24-13/h3-4,11-12H,2,5-10H2,1H3/p+1/b14-12+. The van der Waals surface area contributed by atoms with Crippen LogP contribution in [-0.4, -0.2) is 65.7 Å². The van der Waals surface area contributed by atoms with E-state index in [1.54, 1.807) is 16.2 Å². The number of carbonyl (C=O) groups excluding carboxylic acids is 2. The number of carbonyl (C=O) groups is 2. The van der Waals surface area contributed by atoms with Crippen LogP contribution in [0, 0.1) is 0 Å². The quantitative estimate of drug-likeness (QED) is 0.598. The number of amides is 2. The maximum absolute atomic E-state index is 12.5. The Morgan fingerprint density at radius 1 is 1.40 bits per heavy atom. The monoisotopic (exact) mass is 396 g/mol. The minimum atomic E-state index is -0.0425. The van der Waals surface area contributed by atoms with Crippen molar-refractivity contribution in [2.75, 3.05) is 39.8 Å². The second-order valence-corrected chi connectivity index (χ2v) is 8.95. The molecule has 2 aliphatic rings. The van der Waals surface area contributed by atoms with Crippen molar-refractivity contribution in [1.29, 1.82) is 0 Å². The maximum Gasteiger partial charge on any atom is 0.266 e. The molecule has 0 aliphatic carbocycles. The third-order valence-electron chi connectivity index (χ3n) is 4.43. The average Bonchev–Trinajstić information content (AvgIpc) is 3.19. The highest BCUT2D eigenvalue weighted by atomic mass is 32.2. The maximum atomic E-state index is 12.5. The zero-order valence-corrected chi connectivity index (χ0v) is 16.6. The van der Waals surface area contributed by atoms with Crippen molar-refractivity contribution < 1.29 is 14.5 Å². The van der Waals surface area contributed by atoms with E-state index >= 15 is 0 Å². The van der Waals surface area contributed by atoms with Crippen molar-refractivity contribution in [3.8, 4) is 0 Å². The van der Waals surface area contributed by atoms with Gasteiger partial charge < -0.3 is 9.80 Å². The predicted octanol–water partition coefficient (Wildman–Crippen LogP) is 1.09. The van der Waals surface area contributed by atoms with Crippen LogP contribution in [-0.2, 0) is 9.59 Å². The first kappa shape index (κ1) is 18.6. The molecule has 2 fully saturated rings. The lowest BCUT2D eigenvalue weighted by Gasteiger charge is -2.30. The Morgan fingerprint density at radius 2 is 2.16 bits per heavy atom. The lowest BCUT2D eigenvalue weighted by Crippen LogP contribution is -3.12. The number of quaternary nitrogens is 1. The molecule has 0 unspecified atom stereocenters. The van der Waals surface area contributed by atoms with Gasteiger partial charge in [0.2, 0.25) is 5.91 Å². The van der Waals surface area contributed by atoms with Crippen LogP contribution in [0.25, 0.3) is 6.08 Å². The van der Waals surface area contributed by atoms with Crippen LogP contribution in [0.3, 0.4) is 0 Å². The van der Waals surface area contributed by atoms with E-state index in [0.29, 0.717) is 28.6 Å². The largest absolute Gasteiger partial charge is 0.334 e. The first-order valence-corrected chi connectivity index (χ1v) is 10.5. The number of thiocarbonyl (C=S) groups is 1. The predicted molar refractivity (Wildman–Crippen MR) is 107 cm³/mol. The highest BCUT2D eigenvalue weighted by molar-refractivity contribution is 8.26. The van der Waals surface area contributed by atoms with Gasteiger partial charge in [0, 0.05) is 17.8 Å². The third kappa shape index (κ3) is 4.69. The number of thiophene rings is 1. The van der Waals surface area contributed by atoms with Gasteiger partial charge in [-0.1, -0.05) is 30.0 Å². The van der Waals surface area contributed by atoms with Crippen LogP contribution >= 0.6 is 35.3 Å². The summed E-state index contributed by atoms with van der Waals surface area (Å²) in [6, 6.07) is 3.94. The van der Waals surface area contributed by atoms with E-state index in [0.717, 1.165) is 31.1 Å². The van der Waals surface area contributed by atoms with Gasteiger partial charge in [0.1, 0.15) is 4.32 Å². The van der Waals surface area contributed by atoms with E-state index in [1.807, 2.05) is 28.5 Å². The van der Waals surface area contributed by atoms with Crippen molar-refractivity contribution in [1.82, 2.24) is 9.80 Å². The number of hydrogen-bond acceptors (Lipinski definition) is 5. The number of hydrogen-bond donors (Lipinski definition) is 1.